The summed E-state index contributed by atoms with van der Waals surface area (Å²) in [5.41, 5.74) is 6.82. The number of rotatable bonds is 6. The van der Waals surface area contributed by atoms with Crippen LogP contribution in [0.1, 0.15) is 19.4 Å². The molecule has 0 aromatic heterocycles. The largest absolute Gasteiger partial charge is 0.409 e. The van der Waals surface area contributed by atoms with Gasteiger partial charge in [-0.2, -0.15) is 0 Å². The first-order valence-electron chi connectivity index (χ1n) is 5.88. The van der Waals surface area contributed by atoms with E-state index in [0.29, 0.717) is 12.6 Å². The van der Waals surface area contributed by atoms with Crippen molar-refractivity contribution in [3.8, 4) is 0 Å². The number of hydrogen-bond acceptors (Lipinski definition) is 3. The van der Waals surface area contributed by atoms with Crippen LogP contribution in [0.2, 0.25) is 0 Å². The molecule has 1 aromatic rings. The van der Waals surface area contributed by atoms with Gasteiger partial charge in [0.2, 0.25) is 0 Å². The summed E-state index contributed by atoms with van der Waals surface area (Å²) in [5, 5.41) is 14.9. The lowest BCUT2D eigenvalue weighted by atomic mass is 10.1. The van der Waals surface area contributed by atoms with Crippen molar-refractivity contribution in [1.82, 2.24) is 5.32 Å². The van der Waals surface area contributed by atoms with Crippen molar-refractivity contribution in [2.75, 3.05) is 6.54 Å². The fourth-order valence-electron chi connectivity index (χ4n) is 1.62. The molecule has 2 atom stereocenters. The number of amidine groups is 1. The Morgan fingerprint density at radius 2 is 2.00 bits per heavy atom. The van der Waals surface area contributed by atoms with Crippen LogP contribution < -0.4 is 11.1 Å². The number of hydrogen-bond donors (Lipinski definition) is 3. The fourth-order valence-corrected chi connectivity index (χ4v) is 1.62. The van der Waals surface area contributed by atoms with Crippen LogP contribution in [0.25, 0.3) is 0 Å². The standard InChI is InChI=1S/C13H21N3O/c1-10(13(14)16-17)9-15-11(2)8-12-6-4-3-5-7-12/h3-7,10-11,15,17H,8-9H2,1-2H3,(H2,14,16). The molecule has 0 saturated carbocycles. The zero-order valence-electron chi connectivity index (χ0n) is 10.4. The van der Waals surface area contributed by atoms with E-state index in [1.54, 1.807) is 0 Å². The van der Waals surface area contributed by atoms with E-state index in [-0.39, 0.29) is 11.8 Å². The van der Waals surface area contributed by atoms with E-state index >= 15 is 0 Å². The molecule has 4 N–H and O–H groups in total. The SMILES string of the molecule is CC(Cc1ccccc1)NCC(C)C(N)=NO. The van der Waals surface area contributed by atoms with Crippen LogP contribution in [-0.4, -0.2) is 23.6 Å². The maximum atomic E-state index is 8.54. The minimum atomic E-state index is 0.0400. The summed E-state index contributed by atoms with van der Waals surface area (Å²) in [7, 11) is 0. The highest BCUT2D eigenvalue weighted by molar-refractivity contribution is 5.82. The first-order chi connectivity index (χ1) is 8.13. The molecular weight excluding hydrogens is 214 g/mol. The van der Waals surface area contributed by atoms with Crippen LogP contribution in [0.15, 0.2) is 35.5 Å². The second kappa shape index (κ2) is 6.91. The van der Waals surface area contributed by atoms with Gasteiger partial charge in [-0.15, -0.1) is 0 Å². The van der Waals surface area contributed by atoms with E-state index in [2.05, 4.69) is 29.5 Å². The Morgan fingerprint density at radius 3 is 2.59 bits per heavy atom. The monoisotopic (exact) mass is 235 g/mol. The molecular formula is C13H21N3O. The zero-order valence-corrected chi connectivity index (χ0v) is 10.4. The van der Waals surface area contributed by atoms with Gasteiger partial charge >= 0.3 is 0 Å². The Kier molecular flexibility index (Phi) is 5.49. The molecule has 0 radical (unpaired) electrons. The summed E-state index contributed by atoms with van der Waals surface area (Å²) in [6.45, 7) is 4.77. The van der Waals surface area contributed by atoms with Gasteiger partial charge < -0.3 is 16.3 Å². The van der Waals surface area contributed by atoms with Crippen molar-refractivity contribution in [1.29, 1.82) is 0 Å². The number of benzene rings is 1. The number of oxime groups is 1. The molecule has 1 aromatic carbocycles. The molecule has 0 saturated heterocycles. The lowest BCUT2D eigenvalue weighted by Crippen LogP contribution is -2.36. The van der Waals surface area contributed by atoms with Gasteiger partial charge in [-0.3, -0.25) is 0 Å². The molecule has 0 fully saturated rings. The van der Waals surface area contributed by atoms with Gasteiger partial charge in [0.15, 0.2) is 0 Å². The molecule has 0 aliphatic heterocycles. The summed E-state index contributed by atoms with van der Waals surface area (Å²) in [4.78, 5) is 0. The van der Waals surface area contributed by atoms with Gasteiger partial charge in [-0.05, 0) is 18.9 Å². The third kappa shape index (κ3) is 4.87. The normalized spacial score (nSPS) is 15.5. The molecule has 0 bridgehead atoms. The summed E-state index contributed by atoms with van der Waals surface area (Å²) in [6, 6.07) is 10.7. The highest BCUT2D eigenvalue weighted by Crippen LogP contribution is 2.03. The molecule has 17 heavy (non-hydrogen) atoms. The third-order valence-corrected chi connectivity index (χ3v) is 2.78. The Morgan fingerprint density at radius 1 is 1.35 bits per heavy atom. The molecule has 1 rings (SSSR count). The number of nitrogens with two attached hydrogens (primary N) is 1. The van der Waals surface area contributed by atoms with Crippen molar-refractivity contribution in [3.05, 3.63) is 35.9 Å². The van der Waals surface area contributed by atoms with E-state index in [4.69, 9.17) is 10.9 Å². The first kappa shape index (κ1) is 13.5. The van der Waals surface area contributed by atoms with Crippen molar-refractivity contribution in [2.24, 2.45) is 16.8 Å². The third-order valence-electron chi connectivity index (χ3n) is 2.78. The summed E-state index contributed by atoms with van der Waals surface area (Å²) in [5.74, 6) is 0.308. The second-order valence-corrected chi connectivity index (χ2v) is 4.42. The summed E-state index contributed by atoms with van der Waals surface area (Å²) < 4.78 is 0. The van der Waals surface area contributed by atoms with Gasteiger partial charge in [0, 0.05) is 18.5 Å². The highest BCUT2D eigenvalue weighted by Gasteiger charge is 2.09. The van der Waals surface area contributed by atoms with Gasteiger partial charge in [0.25, 0.3) is 0 Å². The molecule has 94 valence electrons. The average molecular weight is 235 g/mol. The van der Waals surface area contributed by atoms with Crippen LogP contribution >= 0.6 is 0 Å². The molecule has 0 amide bonds. The van der Waals surface area contributed by atoms with E-state index in [1.807, 2.05) is 25.1 Å². The highest BCUT2D eigenvalue weighted by atomic mass is 16.4. The topological polar surface area (TPSA) is 70.6 Å². The molecule has 4 heteroatoms. The lowest BCUT2D eigenvalue weighted by molar-refractivity contribution is 0.313. The van der Waals surface area contributed by atoms with E-state index in [1.165, 1.54) is 5.56 Å². The van der Waals surface area contributed by atoms with Gasteiger partial charge in [0.1, 0.15) is 5.84 Å². The fraction of sp³-hybridized carbons (Fsp3) is 0.462. The first-order valence-corrected chi connectivity index (χ1v) is 5.88. The predicted molar refractivity (Wildman–Crippen MR) is 70.2 cm³/mol. The Balaban J connectivity index is 2.33. The molecule has 0 heterocycles. The second-order valence-electron chi connectivity index (χ2n) is 4.42. The molecule has 0 aliphatic carbocycles. The number of nitrogens with one attached hydrogen (secondary N) is 1. The van der Waals surface area contributed by atoms with Crippen molar-refractivity contribution < 1.29 is 5.21 Å². The zero-order chi connectivity index (χ0) is 12.7. The molecule has 0 aliphatic rings. The summed E-state index contributed by atoms with van der Waals surface area (Å²) in [6.07, 6.45) is 0.976. The maximum absolute atomic E-state index is 8.54. The van der Waals surface area contributed by atoms with Crippen LogP contribution in [0.5, 0.6) is 0 Å². The Labute approximate surface area is 103 Å². The maximum Gasteiger partial charge on any atom is 0.143 e. The predicted octanol–water partition coefficient (Wildman–Crippen LogP) is 1.59. The van der Waals surface area contributed by atoms with Gasteiger partial charge in [0.05, 0.1) is 0 Å². The van der Waals surface area contributed by atoms with Crippen LogP contribution in [0.3, 0.4) is 0 Å². The number of nitrogens with zero attached hydrogens (tertiary/aromatic N) is 1. The smallest absolute Gasteiger partial charge is 0.143 e. The molecule has 4 nitrogen and oxygen atoms in total. The average Bonchev–Trinajstić information content (AvgIpc) is 2.36. The van der Waals surface area contributed by atoms with Gasteiger partial charge in [-0.25, -0.2) is 0 Å². The molecule has 0 spiro atoms. The van der Waals surface area contributed by atoms with Crippen molar-refractivity contribution >= 4 is 5.84 Å². The van der Waals surface area contributed by atoms with Crippen molar-refractivity contribution in [3.63, 3.8) is 0 Å². The molecule has 2 unspecified atom stereocenters. The minimum Gasteiger partial charge on any atom is -0.409 e. The van der Waals surface area contributed by atoms with E-state index in [9.17, 15) is 0 Å². The minimum absolute atomic E-state index is 0.0400. The van der Waals surface area contributed by atoms with E-state index < -0.39 is 0 Å². The van der Waals surface area contributed by atoms with Crippen LogP contribution in [-0.2, 0) is 6.42 Å². The van der Waals surface area contributed by atoms with Gasteiger partial charge in [-0.1, -0.05) is 42.4 Å². The Hall–Kier alpha value is -1.55. The Bertz CT molecular complexity index is 351. The van der Waals surface area contributed by atoms with E-state index in [0.717, 1.165) is 6.42 Å². The summed E-state index contributed by atoms with van der Waals surface area (Å²) >= 11 is 0. The van der Waals surface area contributed by atoms with Crippen molar-refractivity contribution in [2.45, 2.75) is 26.3 Å². The lowest BCUT2D eigenvalue weighted by Gasteiger charge is -2.17. The quantitative estimate of drug-likeness (QED) is 0.303. The van der Waals surface area contributed by atoms with Crippen LogP contribution in [0, 0.1) is 5.92 Å². The van der Waals surface area contributed by atoms with Crippen LogP contribution in [0.4, 0.5) is 0 Å².